The first-order valence-corrected chi connectivity index (χ1v) is 9.20. The molecule has 1 aromatic heterocycles. The second-order valence-electron chi connectivity index (χ2n) is 5.95. The predicted octanol–water partition coefficient (Wildman–Crippen LogP) is 0.663. The van der Waals surface area contributed by atoms with Crippen LogP contribution in [-0.2, 0) is 16.8 Å². The van der Waals surface area contributed by atoms with Crippen LogP contribution in [0.4, 0.5) is 0 Å². The fourth-order valence-electron chi connectivity index (χ4n) is 3.03. The largest absolute Gasteiger partial charge is 0.304 e. The Balaban J connectivity index is 2.14. The molecule has 0 saturated carbocycles. The molecule has 126 valence electrons. The molecule has 0 spiro atoms. The fraction of sp³-hybridized carbons (Fsp3) is 0.786. The molecule has 1 saturated heterocycles. The van der Waals surface area contributed by atoms with E-state index < -0.39 is 10.2 Å². The third-order valence-corrected chi connectivity index (χ3v) is 5.99. The van der Waals surface area contributed by atoms with Gasteiger partial charge in [-0.05, 0) is 34.7 Å². The Morgan fingerprint density at radius 1 is 1.23 bits per heavy atom. The van der Waals surface area contributed by atoms with Gasteiger partial charge in [0.05, 0.1) is 5.69 Å². The molecule has 0 radical (unpaired) electrons. The molecule has 0 bridgehead atoms. The number of rotatable bonds is 5. The van der Waals surface area contributed by atoms with Gasteiger partial charge < -0.3 is 4.90 Å². The van der Waals surface area contributed by atoms with Crippen LogP contribution in [0.15, 0.2) is 0 Å². The monoisotopic (exact) mass is 329 g/mol. The molecule has 22 heavy (non-hydrogen) atoms. The minimum Gasteiger partial charge on any atom is -0.304 e. The quantitative estimate of drug-likeness (QED) is 0.862. The number of piperazine rings is 1. The van der Waals surface area contributed by atoms with Crippen molar-refractivity contribution >= 4 is 10.2 Å². The molecule has 1 aliphatic heterocycles. The number of nitrogens with one attached hydrogen (secondary N) is 1. The highest BCUT2D eigenvalue weighted by molar-refractivity contribution is 7.87. The van der Waals surface area contributed by atoms with Gasteiger partial charge in [-0.25, -0.2) is 0 Å². The second kappa shape index (κ2) is 6.66. The summed E-state index contributed by atoms with van der Waals surface area (Å²) in [5, 5.41) is 4.46. The lowest BCUT2D eigenvalue weighted by Crippen LogP contribution is -2.51. The van der Waals surface area contributed by atoms with Crippen molar-refractivity contribution in [1.29, 1.82) is 0 Å². The maximum Gasteiger partial charge on any atom is 0.280 e. The summed E-state index contributed by atoms with van der Waals surface area (Å²) >= 11 is 0. The van der Waals surface area contributed by atoms with E-state index in [1.165, 1.54) is 4.31 Å². The second-order valence-corrected chi connectivity index (χ2v) is 7.65. The number of hydrogen-bond acceptors (Lipinski definition) is 4. The zero-order valence-electron chi connectivity index (χ0n) is 14.1. The van der Waals surface area contributed by atoms with E-state index in [0.29, 0.717) is 13.1 Å². The fourth-order valence-corrected chi connectivity index (χ4v) is 4.39. The summed E-state index contributed by atoms with van der Waals surface area (Å²) < 4.78 is 31.3. The average Bonchev–Trinajstić information content (AvgIpc) is 2.73. The minimum absolute atomic E-state index is 0.287. The van der Waals surface area contributed by atoms with Crippen molar-refractivity contribution in [2.45, 2.75) is 40.3 Å². The van der Waals surface area contributed by atoms with Crippen LogP contribution in [0, 0.1) is 13.8 Å². The van der Waals surface area contributed by atoms with Crippen molar-refractivity contribution < 1.29 is 8.42 Å². The van der Waals surface area contributed by atoms with E-state index >= 15 is 0 Å². The van der Waals surface area contributed by atoms with E-state index in [1.807, 2.05) is 39.4 Å². The van der Waals surface area contributed by atoms with E-state index in [-0.39, 0.29) is 6.04 Å². The molecular formula is C14H27N5O2S. The molecule has 1 fully saturated rings. The van der Waals surface area contributed by atoms with Crippen LogP contribution >= 0.6 is 0 Å². The average molecular weight is 329 g/mol. The molecule has 0 aromatic carbocycles. The van der Waals surface area contributed by atoms with E-state index in [0.717, 1.165) is 36.6 Å². The third kappa shape index (κ3) is 3.51. The highest BCUT2D eigenvalue weighted by Crippen LogP contribution is 2.22. The molecule has 0 unspecified atom stereocenters. The highest BCUT2D eigenvalue weighted by Gasteiger charge is 2.28. The molecule has 0 amide bonds. The Bertz CT molecular complexity index is 617. The predicted molar refractivity (Wildman–Crippen MR) is 86.9 cm³/mol. The van der Waals surface area contributed by atoms with Crippen molar-refractivity contribution in [2.24, 2.45) is 0 Å². The molecule has 2 rings (SSSR count). The first-order chi connectivity index (χ1) is 10.3. The standard InChI is InChI=1S/C14H27N5O2S/c1-6-19-13(4)14(11(2)15-19)12(3)16-22(20,21)18-9-7-17(5)8-10-18/h12,16H,6-10H2,1-5H3/t12-/m1/s1. The van der Waals surface area contributed by atoms with Gasteiger partial charge in [-0.2, -0.15) is 22.5 Å². The lowest BCUT2D eigenvalue weighted by Gasteiger charge is -2.32. The van der Waals surface area contributed by atoms with Crippen molar-refractivity contribution in [3.05, 3.63) is 17.0 Å². The van der Waals surface area contributed by atoms with Crippen LogP contribution in [-0.4, -0.2) is 60.6 Å². The van der Waals surface area contributed by atoms with Gasteiger partial charge in [0.2, 0.25) is 0 Å². The van der Waals surface area contributed by atoms with Crippen LogP contribution in [0.5, 0.6) is 0 Å². The Morgan fingerprint density at radius 2 is 1.82 bits per heavy atom. The summed E-state index contributed by atoms with van der Waals surface area (Å²) in [6.07, 6.45) is 0. The maximum absolute atomic E-state index is 12.5. The lowest BCUT2D eigenvalue weighted by molar-refractivity contribution is 0.220. The smallest absolute Gasteiger partial charge is 0.280 e. The van der Waals surface area contributed by atoms with E-state index in [1.54, 1.807) is 0 Å². The topological polar surface area (TPSA) is 70.5 Å². The van der Waals surface area contributed by atoms with Gasteiger partial charge in [0.25, 0.3) is 10.2 Å². The van der Waals surface area contributed by atoms with Crippen LogP contribution in [0.25, 0.3) is 0 Å². The highest BCUT2D eigenvalue weighted by atomic mass is 32.2. The first kappa shape index (κ1) is 17.4. The number of nitrogens with zero attached hydrogens (tertiary/aromatic N) is 4. The number of hydrogen-bond donors (Lipinski definition) is 1. The molecular weight excluding hydrogens is 302 g/mol. The normalized spacial score (nSPS) is 19.5. The zero-order valence-corrected chi connectivity index (χ0v) is 14.9. The van der Waals surface area contributed by atoms with Crippen molar-refractivity contribution in [3.63, 3.8) is 0 Å². The molecule has 8 heteroatoms. The molecule has 1 atom stereocenters. The maximum atomic E-state index is 12.5. The number of aryl methyl sites for hydroxylation is 2. The van der Waals surface area contributed by atoms with Crippen molar-refractivity contribution in [3.8, 4) is 0 Å². The molecule has 7 nitrogen and oxygen atoms in total. The summed E-state index contributed by atoms with van der Waals surface area (Å²) in [4.78, 5) is 2.13. The molecule has 1 aliphatic rings. The van der Waals surface area contributed by atoms with Gasteiger partial charge >= 0.3 is 0 Å². The first-order valence-electron chi connectivity index (χ1n) is 7.76. The van der Waals surface area contributed by atoms with Gasteiger partial charge in [0, 0.05) is 50.0 Å². The Morgan fingerprint density at radius 3 is 2.32 bits per heavy atom. The van der Waals surface area contributed by atoms with Crippen molar-refractivity contribution in [2.75, 3.05) is 33.2 Å². The van der Waals surface area contributed by atoms with Gasteiger partial charge in [-0.1, -0.05) is 0 Å². The van der Waals surface area contributed by atoms with E-state index in [4.69, 9.17) is 0 Å². The third-order valence-electron chi connectivity index (χ3n) is 4.30. The van der Waals surface area contributed by atoms with Gasteiger partial charge in [0.15, 0.2) is 0 Å². The lowest BCUT2D eigenvalue weighted by atomic mass is 10.1. The SMILES string of the molecule is CCn1nc(C)c([C@@H](C)NS(=O)(=O)N2CCN(C)CC2)c1C. The minimum atomic E-state index is -3.47. The van der Waals surface area contributed by atoms with Crippen LogP contribution in [0.3, 0.4) is 0 Å². The Kier molecular flexibility index (Phi) is 5.26. The van der Waals surface area contributed by atoms with Gasteiger partial charge in [-0.3, -0.25) is 4.68 Å². The molecule has 1 aromatic rings. The van der Waals surface area contributed by atoms with Gasteiger partial charge in [-0.15, -0.1) is 0 Å². The Labute approximate surface area is 133 Å². The van der Waals surface area contributed by atoms with Crippen molar-refractivity contribution in [1.82, 2.24) is 23.7 Å². The molecule has 0 aliphatic carbocycles. The van der Waals surface area contributed by atoms with Crippen LogP contribution in [0.1, 0.15) is 36.8 Å². The number of aromatic nitrogens is 2. The summed E-state index contributed by atoms with van der Waals surface area (Å²) in [6, 6.07) is -0.287. The van der Waals surface area contributed by atoms with E-state index in [2.05, 4.69) is 14.7 Å². The Hall–Kier alpha value is -0.960. The number of likely N-dealkylation sites (N-methyl/N-ethyl adjacent to an activating group) is 1. The summed E-state index contributed by atoms with van der Waals surface area (Å²) in [5.74, 6) is 0. The van der Waals surface area contributed by atoms with Crippen LogP contribution in [0.2, 0.25) is 0 Å². The van der Waals surface area contributed by atoms with Crippen LogP contribution < -0.4 is 4.72 Å². The molecule has 1 N–H and O–H groups in total. The summed E-state index contributed by atoms with van der Waals surface area (Å²) in [7, 11) is -1.46. The summed E-state index contributed by atoms with van der Waals surface area (Å²) in [5.41, 5.74) is 2.88. The molecule has 2 heterocycles. The van der Waals surface area contributed by atoms with E-state index in [9.17, 15) is 8.42 Å². The zero-order chi connectivity index (χ0) is 16.5. The van der Waals surface area contributed by atoms with Gasteiger partial charge in [0.1, 0.15) is 0 Å². The summed E-state index contributed by atoms with van der Waals surface area (Å²) in [6.45, 7) is 11.2.